The minimum Gasteiger partial charge on any atom is -0.261 e. The molecule has 6 heteroatoms. The van der Waals surface area contributed by atoms with Gasteiger partial charge in [-0.05, 0) is 18.6 Å². The molecule has 1 heterocycles. The van der Waals surface area contributed by atoms with Gasteiger partial charge in [0.15, 0.2) is 0 Å². The molecule has 0 saturated carbocycles. The molecule has 1 unspecified atom stereocenters. The first kappa shape index (κ1) is 14.6. The highest BCUT2D eigenvalue weighted by Crippen LogP contribution is 2.02. The number of sulfonamides is 1. The van der Waals surface area contributed by atoms with Crippen molar-refractivity contribution in [2.24, 2.45) is 0 Å². The van der Waals surface area contributed by atoms with Gasteiger partial charge in [-0.25, -0.2) is 13.1 Å². The lowest BCUT2D eigenvalue weighted by atomic mass is 10.2. The molecule has 18 heavy (non-hydrogen) atoms. The molecule has 0 aliphatic heterocycles. The maximum absolute atomic E-state index is 11.8. The third kappa shape index (κ3) is 5.25. The summed E-state index contributed by atoms with van der Waals surface area (Å²) in [5.41, 5.74) is 0.746. The summed E-state index contributed by atoms with van der Waals surface area (Å²) in [4.78, 5) is 4.07. The first-order chi connectivity index (χ1) is 8.57. The van der Waals surface area contributed by atoms with E-state index in [0.717, 1.165) is 5.69 Å². The zero-order valence-corrected chi connectivity index (χ0v) is 11.2. The second-order valence-corrected chi connectivity index (χ2v) is 5.85. The average Bonchev–Trinajstić information content (AvgIpc) is 2.37. The molecule has 0 saturated heterocycles. The van der Waals surface area contributed by atoms with Crippen LogP contribution in [0.4, 0.5) is 0 Å². The van der Waals surface area contributed by atoms with Crippen LogP contribution < -0.4 is 4.72 Å². The van der Waals surface area contributed by atoms with E-state index < -0.39 is 10.0 Å². The van der Waals surface area contributed by atoms with Crippen molar-refractivity contribution in [2.45, 2.75) is 32.2 Å². The fourth-order valence-corrected chi connectivity index (χ4v) is 2.83. The lowest BCUT2D eigenvalue weighted by Crippen LogP contribution is -2.36. The molecule has 1 rings (SSSR count). The molecule has 0 fully saturated rings. The number of hydrogen-bond donors (Lipinski definition) is 1. The van der Waals surface area contributed by atoms with Crippen LogP contribution in [0.3, 0.4) is 0 Å². The van der Waals surface area contributed by atoms with Gasteiger partial charge in [-0.2, -0.15) is 5.26 Å². The molecule has 1 aromatic rings. The second kappa shape index (κ2) is 7.09. The molecule has 0 radical (unpaired) electrons. The first-order valence-electron chi connectivity index (χ1n) is 5.84. The Labute approximate surface area is 108 Å². The SMILES string of the molecule is CCC(CC#N)NS(=O)(=O)CCc1ccccn1. The molecule has 0 aromatic carbocycles. The highest BCUT2D eigenvalue weighted by atomic mass is 32.2. The molecule has 0 spiro atoms. The Balaban J connectivity index is 2.52. The normalized spacial score (nSPS) is 12.9. The van der Waals surface area contributed by atoms with Crippen molar-refractivity contribution in [3.05, 3.63) is 30.1 Å². The van der Waals surface area contributed by atoms with Gasteiger partial charge in [0.1, 0.15) is 0 Å². The van der Waals surface area contributed by atoms with Crippen LogP contribution in [0.1, 0.15) is 25.5 Å². The zero-order chi connectivity index (χ0) is 13.4. The Morgan fingerprint density at radius 3 is 2.83 bits per heavy atom. The predicted molar refractivity (Wildman–Crippen MR) is 69.2 cm³/mol. The summed E-state index contributed by atoms with van der Waals surface area (Å²) in [5, 5.41) is 8.58. The van der Waals surface area contributed by atoms with Crippen molar-refractivity contribution >= 4 is 10.0 Å². The fraction of sp³-hybridized carbons (Fsp3) is 0.500. The summed E-state index contributed by atoms with van der Waals surface area (Å²) in [6, 6.07) is 7.08. The van der Waals surface area contributed by atoms with Crippen LogP contribution in [-0.2, 0) is 16.4 Å². The Bertz CT molecular complexity index is 494. The van der Waals surface area contributed by atoms with Crippen molar-refractivity contribution in [3.8, 4) is 6.07 Å². The van der Waals surface area contributed by atoms with Crippen molar-refractivity contribution in [2.75, 3.05) is 5.75 Å². The summed E-state index contributed by atoms with van der Waals surface area (Å²) in [6.45, 7) is 1.85. The van der Waals surface area contributed by atoms with E-state index in [1.807, 2.05) is 19.1 Å². The number of nitrogens with one attached hydrogen (secondary N) is 1. The minimum atomic E-state index is -3.35. The molecular formula is C12H17N3O2S. The molecule has 1 atom stereocenters. The van der Waals surface area contributed by atoms with E-state index in [1.165, 1.54) is 0 Å². The van der Waals surface area contributed by atoms with Gasteiger partial charge in [-0.3, -0.25) is 4.98 Å². The van der Waals surface area contributed by atoms with Crippen molar-refractivity contribution in [1.82, 2.24) is 9.71 Å². The maximum atomic E-state index is 11.8. The van der Waals surface area contributed by atoms with Gasteiger partial charge in [0.05, 0.1) is 18.2 Å². The number of aromatic nitrogens is 1. The van der Waals surface area contributed by atoms with Gasteiger partial charge in [-0.15, -0.1) is 0 Å². The highest BCUT2D eigenvalue weighted by molar-refractivity contribution is 7.89. The van der Waals surface area contributed by atoms with Crippen molar-refractivity contribution in [1.29, 1.82) is 5.26 Å². The van der Waals surface area contributed by atoms with Crippen LogP contribution in [0.25, 0.3) is 0 Å². The molecule has 1 aromatic heterocycles. The van der Waals surface area contributed by atoms with E-state index in [2.05, 4.69) is 9.71 Å². The molecular weight excluding hydrogens is 250 g/mol. The number of nitriles is 1. The third-order valence-electron chi connectivity index (χ3n) is 2.53. The molecule has 98 valence electrons. The van der Waals surface area contributed by atoms with Gasteiger partial charge < -0.3 is 0 Å². The third-order valence-corrected chi connectivity index (χ3v) is 3.96. The largest absolute Gasteiger partial charge is 0.261 e. The number of hydrogen-bond acceptors (Lipinski definition) is 4. The van der Waals surface area contributed by atoms with E-state index in [1.54, 1.807) is 18.3 Å². The number of aryl methyl sites for hydroxylation is 1. The zero-order valence-electron chi connectivity index (χ0n) is 10.3. The summed E-state index contributed by atoms with van der Waals surface area (Å²) < 4.78 is 26.1. The number of nitrogens with zero attached hydrogens (tertiary/aromatic N) is 2. The predicted octanol–water partition coefficient (Wildman–Crippen LogP) is 1.24. The average molecular weight is 267 g/mol. The molecule has 0 bridgehead atoms. The van der Waals surface area contributed by atoms with Gasteiger partial charge in [0.2, 0.25) is 10.0 Å². The Hall–Kier alpha value is -1.45. The summed E-state index contributed by atoms with van der Waals surface area (Å²) in [5.74, 6) is -0.00799. The van der Waals surface area contributed by atoms with E-state index in [-0.39, 0.29) is 18.2 Å². The fourth-order valence-electron chi connectivity index (χ4n) is 1.48. The maximum Gasteiger partial charge on any atom is 0.212 e. The summed E-state index contributed by atoms with van der Waals surface area (Å²) >= 11 is 0. The van der Waals surface area contributed by atoms with Crippen LogP contribution >= 0.6 is 0 Å². The van der Waals surface area contributed by atoms with Gasteiger partial charge in [0, 0.05) is 24.4 Å². The van der Waals surface area contributed by atoms with Crippen LogP contribution in [-0.4, -0.2) is 25.2 Å². The summed E-state index contributed by atoms with van der Waals surface area (Å²) in [6.07, 6.45) is 2.81. The molecule has 0 amide bonds. The van der Waals surface area contributed by atoms with Gasteiger partial charge in [-0.1, -0.05) is 13.0 Å². The summed E-state index contributed by atoms with van der Waals surface area (Å²) in [7, 11) is -3.35. The number of rotatable bonds is 7. The standard InChI is InChI=1S/C12H17N3O2S/c1-2-11(6-8-13)15-18(16,17)10-7-12-5-3-4-9-14-12/h3-5,9,11,15H,2,6-7,10H2,1H3. The van der Waals surface area contributed by atoms with Crippen molar-refractivity contribution < 1.29 is 8.42 Å². The monoisotopic (exact) mass is 267 g/mol. The molecule has 0 aliphatic carbocycles. The van der Waals surface area contributed by atoms with E-state index in [9.17, 15) is 8.42 Å². The van der Waals surface area contributed by atoms with Crippen LogP contribution in [0.15, 0.2) is 24.4 Å². The second-order valence-electron chi connectivity index (χ2n) is 3.98. The van der Waals surface area contributed by atoms with Crippen LogP contribution in [0.5, 0.6) is 0 Å². The molecule has 5 nitrogen and oxygen atoms in total. The van der Waals surface area contributed by atoms with Crippen LogP contribution in [0, 0.1) is 11.3 Å². The Morgan fingerprint density at radius 1 is 1.50 bits per heavy atom. The first-order valence-corrected chi connectivity index (χ1v) is 7.49. The Kier molecular flexibility index (Phi) is 5.75. The van der Waals surface area contributed by atoms with Gasteiger partial charge in [0.25, 0.3) is 0 Å². The van der Waals surface area contributed by atoms with E-state index in [0.29, 0.717) is 12.8 Å². The van der Waals surface area contributed by atoms with E-state index >= 15 is 0 Å². The molecule has 1 N–H and O–H groups in total. The quantitative estimate of drug-likeness (QED) is 0.805. The smallest absolute Gasteiger partial charge is 0.212 e. The molecule has 0 aliphatic rings. The lowest BCUT2D eigenvalue weighted by Gasteiger charge is -2.13. The van der Waals surface area contributed by atoms with Gasteiger partial charge >= 0.3 is 0 Å². The highest BCUT2D eigenvalue weighted by Gasteiger charge is 2.16. The topological polar surface area (TPSA) is 82.9 Å². The Morgan fingerprint density at radius 2 is 2.28 bits per heavy atom. The van der Waals surface area contributed by atoms with Crippen molar-refractivity contribution in [3.63, 3.8) is 0 Å². The van der Waals surface area contributed by atoms with E-state index in [4.69, 9.17) is 5.26 Å². The number of pyridine rings is 1. The van der Waals surface area contributed by atoms with Crippen LogP contribution in [0.2, 0.25) is 0 Å². The lowest BCUT2D eigenvalue weighted by molar-refractivity contribution is 0.542. The minimum absolute atomic E-state index is 0.00799.